The molecule has 1 saturated carbocycles. The molecule has 0 unspecified atom stereocenters. The Bertz CT molecular complexity index is 903. The molecule has 4 heteroatoms. The summed E-state index contributed by atoms with van der Waals surface area (Å²) in [6, 6.07) is 13.1. The standard InChI is InChI=1S/C25H26FNO2/c1-2-3-4-5-18-6-8-19(9-7-18)20-10-12-21(13-11-20)25(28)29-23-15-14-22(17-27)24(26)16-23/h2-3,10-16,18-19H,4-9H2,1H3/b3-2+. The number of esters is 1. The van der Waals surface area contributed by atoms with E-state index in [-0.39, 0.29) is 11.3 Å². The largest absolute Gasteiger partial charge is 0.423 e. The van der Waals surface area contributed by atoms with Gasteiger partial charge in [-0.3, -0.25) is 0 Å². The molecule has 1 aliphatic carbocycles. The van der Waals surface area contributed by atoms with Crippen LogP contribution in [0.5, 0.6) is 5.75 Å². The number of nitrogens with zero attached hydrogens (tertiary/aromatic N) is 1. The minimum absolute atomic E-state index is 0.0781. The lowest BCUT2D eigenvalue weighted by Gasteiger charge is -2.28. The Morgan fingerprint density at radius 3 is 2.52 bits per heavy atom. The van der Waals surface area contributed by atoms with E-state index in [4.69, 9.17) is 10.00 Å². The topological polar surface area (TPSA) is 50.1 Å². The van der Waals surface area contributed by atoms with Crippen molar-refractivity contribution in [3.05, 3.63) is 77.1 Å². The van der Waals surface area contributed by atoms with Crippen molar-refractivity contribution in [3.8, 4) is 11.8 Å². The van der Waals surface area contributed by atoms with E-state index in [2.05, 4.69) is 19.1 Å². The van der Waals surface area contributed by atoms with E-state index < -0.39 is 11.8 Å². The highest BCUT2D eigenvalue weighted by molar-refractivity contribution is 5.91. The number of halogens is 1. The molecule has 3 nitrogen and oxygen atoms in total. The Balaban J connectivity index is 1.55. The molecule has 0 aromatic heterocycles. The van der Waals surface area contributed by atoms with Crippen LogP contribution >= 0.6 is 0 Å². The number of nitriles is 1. The van der Waals surface area contributed by atoms with E-state index in [0.29, 0.717) is 11.5 Å². The highest BCUT2D eigenvalue weighted by Crippen LogP contribution is 2.37. The Morgan fingerprint density at radius 1 is 1.17 bits per heavy atom. The van der Waals surface area contributed by atoms with E-state index in [0.717, 1.165) is 12.0 Å². The number of hydrogen-bond acceptors (Lipinski definition) is 3. The second-order valence-corrected chi connectivity index (χ2v) is 7.63. The molecule has 0 N–H and O–H groups in total. The molecule has 3 rings (SSSR count). The van der Waals surface area contributed by atoms with Crippen molar-refractivity contribution in [3.63, 3.8) is 0 Å². The summed E-state index contributed by atoms with van der Waals surface area (Å²) in [6.07, 6.45) is 11.7. The first-order valence-corrected chi connectivity index (χ1v) is 10.2. The fraction of sp³-hybridized carbons (Fsp3) is 0.360. The molecule has 0 aliphatic heterocycles. The van der Waals surface area contributed by atoms with Gasteiger partial charge < -0.3 is 4.74 Å². The average Bonchev–Trinajstić information content (AvgIpc) is 2.75. The van der Waals surface area contributed by atoms with Crippen molar-refractivity contribution in [1.29, 1.82) is 5.26 Å². The molecule has 0 heterocycles. The second-order valence-electron chi connectivity index (χ2n) is 7.63. The van der Waals surface area contributed by atoms with Gasteiger partial charge in [0.05, 0.1) is 11.1 Å². The SMILES string of the molecule is C/C=C/CCC1CCC(c2ccc(C(=O)Oc3ccc(C#N)c(F)c3)cc2)CC1. The van der Waals surface area contributed by atoms with Gasteiger partial charge in [-0.25, -0.2) is 9.18 Å². The molecule has 1 aliphatic rings. The molecule has 0 amide bonds. The first kappa shape index (κ1) is 20.8. The van der Waals surface area contributed by atoms with Crippen LogP contribution in [0.1, 0.15) is 72.9 Å². The first-order chi connectivity index (χ1) is 14.1. The van der Waals surface area contributed by atoms with Gasteiger partial charge >= 0.3 is 5.97 Å². The lowest BCUT2D eigenvalue weighted by Crippen LogP contribution is -2.14. The van der Waals surface area contributed by atoms with Crippen LogP contribution in [0.3, 0.4) is 0 Å². The van der Waals surface area contributed by atoms with Crippen LogP contribution in [-0.2, 0) is 0 Å². The number of rotatable bonds is 6. The Morgan fingerprint density at radius 2 is 1.90 bits per heavy atom. The zero-order valence-electron chi connectivity index (χ0n) is 16.7. The molecular weight excluding hydrogens is 365 g/mol. The van der Waals surface area contributed by atoms with E-state index in [1.807, 2.05) is 12.1 Å². The van der Waals surface area contributed by atoms with Gasteiger partial charge in [-0.2, -0.15) is 5.26 Å². The van der Waals surface area contributed by atoms with Crippen molar-refractivity contribution in [1.82, 2.24) is 0 Å². The van der Waals surface area contributed by atoms with Crippen molar-refractivity contribution in [2.24, 2.45) is 5.92 Å². The van der Waals surface area contributed by atoms with Gasteiger partial charge in [0.2, 0.25) is 0 Å². The molecule has 0 spiro atoms. The fourth-order valence-electron chi connectivity index (χ4n) is 3.99. The smallest absolute Gasteiger partial charge is 0.343 e. The van der Waals surface area contributed by atoms with Gasteiger partial charge in [0, 0.05) is 6.07 Å². The molecule has 0 radical (unpaired) electrons. The number of ether oxygens (including phenoxy) is 1. The van der Waals surface area contributed by atoms with Gasteiger partial charge in [0.25, 0.3) is 0 Å². The third-order valence-electron chi connectivity index (χ3n) is 5.71. The summed E-state index contributed by atoms with van der Waals surface area (Å²) in [5.74, 6) is 0.227. The van der Waals surface area contributed by atoms with Crippen LogP contribution in [0.25, 0.3) is 0 Å². The lowest BCUT2D eigenvalue weighted by molar-refractivity contribution is 0.0734. The van der Waals surface area contributed by atoms with Crippen LogP contribution in [0.15, 0.2) is 54.6 Å². The fourth-order valence-corrected chi connectivity index (χ4v) is 3.99. The van der Waals surface area contributed by atoms with Crippen molar-refractivity contribution >= 4 is 5.97 Å². The van der Waals surface area contributed by atoms with E-state index in [1.165, 1.54) is 56.2 Å². The summed E-state index contributed by atoms with van der Waals surface area (Å²) in [5.41, 5.74) is 1.61. The maximum absolute atomic E-state index is 13.7. The van der Waals surface area contributed by atoms with Gasteiger partial charge in [0.1, 0.15) is 17.6 Å². The number of benzene rings is 2. The van der Waals surface area contributed by atoms with Gasteiger partial charge in [-0.1, -0.05) is 24.3 Å². The monoisotopic (exact) mass is 391 g/mol. The van der Waals surface area contributed by atoms with Crippen molar-refractivity contribution in [2.75, 3.05) is 0 Å². The lowest BCUT2D eigenvalue weighted by atomic mass is 9.77. The number of allylic oxidation sites excluding steroid dienone is 2. The summed E-state index contributed by atoms with van der Waals surface area (Å²) in [4.78, 5) is 12.3. The Hall–Kier alpha value is -2.93. The number of hydrogen-bond donors (Lipinski definition) is 0. The van der Waals surface area contributed by atoms with E-state index in [9.17, 15) is 9.18 Å². The molecule has 29 heavy (non-hydrogen) atoms. The summed E-state index contributed by atoms with van der Waals surface area (Å²) >= 11 is 0. The average molecular weight is 391 g/mol. The van der Waals surface area contributed by atoms with Crippen LogP contribution in [0.2, 0.25) is 0 Å². The maximum Gasteiger partial charge on any atom is 0.343 e. The van der Waals surface area contributed by atoms with Crippen LogP contribution in [-0.4, -0.2) is 5.97 Å². The summed E-state index contributed by atoms with van der Waals surface area (Å²) < 4.78 is 18.9. The molecule has 0 atom stereocenters. The minimum atomic E-state index is -0.700. The third kappa shape index (κ3) is 5.54. The van der Waals surface area contributed by atoms with E-state index in [1.54, 1.807) is 18.2 Å². The van der Waals surface area contributed by atoms with Crippen molar-refractivity contribution < 1.29 is 13.9 Å². The second kappa shape index (κ2) is 10.0. The molecule has 0 saturated heterocycles. The normalized spacial score (nSPS) is 19.1. The quantitative estimate of drug-likeness (QED) is 0.319. The predicted octanol–water partition coefficient (Wildman–Crippen LogP) is 6.55. The van der Waals surface area contributed by atoms with Crippen LogP contribution in [0, 0.1) is 23.1 Å². The maximum atomic E-state index is 13.7. The minimum Gasteiger partial charge on any atom is -0.423 e. The van der Waals surface area contributed by atoms with Crippen molar-refractivity contribution in [2.45, 2.75) is 51.4 Å². The molecular formula is C25H26FNO2. The van der Waals surface area contributed by atoms with Gasteiger partial charge in [-0.15, -0.1) is 0 Å². The molecule has 1 fully saturated rings. The highest BCUT2D eigenvalue weighted by Gasteiger charge is 2.22. The highest BCUT2D eigenvalue weighted by atomic mass is 19.1. The third-order valence-corrected chi connectivity index (χ3v) is 5.71. The van der Waals surface area contributed by atoms with Gasteiger partial charge in [0.15, 0.2) is 0 Å². The van der Waals surface area contributed by atoms with E-state index >= 15 is 0 Å². The summed E-state index contributed by atoms with van der Waals surface area (Å²) in [5, 5.41) is 8.77. The molecule has 150 valence electrons. The predicted molar refractivity (Wildman–Crippen MR) is 111 cm³/mol. The van der Waals surface area contributed by atoms with Crippen LogP contribution < -0.4 is 4.74 Å². The Labute approximate surface area is 171 Å². The summed E-state index contributed by atoms with van der Waals surface area (Å²) in [7, 11) is 0. The Kier molecular flexibility index (Phi) is 7.19. The zero-order valence-corrected chi connectivity index (χ0v) is 16.7. The first-order valence-electron chi connectivity index (χ1n) is 10.2. The van der Waals surface area contributed by atoms with Crippen LogP contribution in [0.4, 0.5) is 4.39 Å². The number of carbonyl (C=O) groups is 1. The summed E-state index contributed by atoms with van der Waals surface area (Å²) in [6.45, 7) is 2.07. The number of carbonyl (C=O) groups excluding carboxylic acids is 1. The molecule has 2 aromatic carbocycles. The molecule has 0 bridgehead atoms. The zero-order chi connectivity index (χ0) is 20.6. The molecule has 2 aromatic rings. The van der Waals surface area contributed by atoms with Gasteiger partial charge in [-0.05, 0) is 87.1 Å².